The second-order valence-corrected chi connectivity index (χ2v) is 12.4. The van der Waals surface area contributed by atoms with Crippen molar-refractivity contribution in [3.05, 3.63) is 65.9 Å². The molecule has 0 radical (unpaired) electrons. The molecular formula is C34H45N5O6. The Kier molecular flexibility index (Phi) is 11.5. The normalized spacial score (nSPS) is 15.6. The minimum Gasteiger partial charge on any atom is -0.508 e. The number of urea groups is 1. The first-order valence-corrected chi connectivity index (χ1v) is 15.7. The molecule has 2 heterocycles. The van der Waals surface area contributed by atoms with Gasteiger partial charge in [-0.3, -0.25) is 9.59 Å². The lowest BCUT2D eigenvalue weighted by Gasteiger charge is -2.28. The molecule has 4 amide bonds. The third kappa shape index (κ3) is 9.23. The number of aliphatic carboxylic acids is 1. The molecule has 4 rings (SSSR count). The highest BCUT2D eigenvalue weighted by molar-refractivity contribution is 5.94. The summed E-state index contributed by atoms with van der Waals surface area (Å²) >= 11 is 0. The molecule has 11 nitrogen and oxygen atoms in total. The van der Waals surface area contributed by atoms with Gasteiger partial charge in [-0.1, -0.05) is 57.0 Å². The van der Waals surface area contributed by atoms with Crippen molar-refractivity contribution >= 4 is 34.7 Å². The summed E-state index contributed by atoms with van der Waals surface area (Å²) in [6.45, 7) is 5.18. The molecule has 0 bridgehead atoms. The fourth-order valence-corrected chi connectivity index (χ4v) is 5.85. The number of carbonyl (C=O) groups is 4. The van der Waals surface area contributed by atoms with E-state index < -0.39 is 35.9 Å². The summed E-state index contributed by atoms with van der Waals surface area (Å²) < 4.78 is 1.94. The molecule has 0 saturated carbocycles. The van der Waals surface area contributed by atoms with Gasteiger partial charge in [0.2, 0.25) is 11.8 Å². The van der Waals surface area contributed by atoms with E-state index in [1.807, 2.05) is 55.9 Å². The third-order valence-electron chi connectivity index (χ3n) is 8.24. The van der Waals surface area contributed by atoms with Gasteiger partial charge in [-0.25, -0.2) is 9.59 Å². The average Bonchev–Trinajstić information content (AvgIpc) is 3.15. The largest absolute Gasteiger partial charge is 0.508 e. The van der Waals surface area contributed by atoms with Crippen LogP contribution in [0.25, 0.3) is 10.9 Å². The predicted molar refractivity (Wildman–Crippen MR) is 172 cm³/mol. The number of fused-ring (bicyclic) bond motifs is 1. The summed E-state index contributed by atoms with van der Waals surface area (Å²) in [5.74, 6) is -2.25. The number of aromatic hydroxyl groups is 1. The topological polar surface area (TPSA) is 153 Å². The Morgan fingerprint density at radius 3 is 2.07 bits per heavy atom. The van der Waals surface area contributed by atoms with E-state index in [0.717, 1.165) is 42.1 Å². The number of nitrogens with zero attached hydrogens (tertiary/aromatic N) is 2. The van der Waals surface area contributed by atoms with E-state index in [2.05, 4.69) is 16.0 Å². The SMILES string of the molecule is CC(C)CC(NC(=O)N1CCCCCC1)C(=O)NC(Cc1cn(C)c2ccccc12)C(=O)NC(Cc1ccc(O)cc1)C(=O)O. The standard InChI is InChI=1S/C34H45N5O6/c1-22(2)18-27(37-34(45)39-16-8-4-5-9-17-39)31(41)35-28(20-24-21-38(3)30-11-7-6-10-26(24)30)32(42)36-29(33(43)44)19-23-12-14-25(40)15-13-23/h6-7,10-15,21-22,27-29,40H,4-5,8-9,16-20H2,1-3H3,(H,35,41)(H,36,42)(H,37,45)(H,43,44). The number of hydrogen-bond acceptors (Lipinski definition) is 5. The van der Waals surface area contributed by atoms with Crippen molar-refractivity contribution in [2.45, 2.75) is 76.9 Å². The molecular weight excluding hydrogens is 574 g/mol. The molecule has 1 aromatic heterocycles. The summed E-state index contributed by atoms with van der Waals surface area (Å²) in [7, 11) is 1.90. The van der Waals surface area contributed by atoms with Gasteiger partial charge in [0.25, 0.3) is 0 Å². The molecule has 11 heteroatoms. The zero-order chi connectivity index (χ0) is 32.5. The lowest BCUT2D eigenvalue weighted by Crippen LogP contribution is -2.58. The summed E-state index contributed by atoms with van der Waals surface area (Å²) in [6, 6.07) is 10.2. The number of carbonyl (C=O) groups excluding carboxylic acids is 3. The number of amides is 4. The minimum atomic E-state index is -1.27. The molecule has 1 aliphatic heterocycles. The molecule has 2 aromatic carbocycles. The molecule has 1 aliphatic rings. The number of carboxylic acids is 1. The van der Waals surface area contributed by atoms with Crippen LogP contribution in [0.4, 0.5) is 4.79 Å². The van der Waals surface area contributed by atoms with Crippen molar-refractivity contribution in [3.8, 4) is 5.75 Å². The molecule has 3 unspecified atom stereocenters. The van der Waals surface area contributed by atoms with Crippen LogP contribution < -0.4 is 16.0 Å². The van der Waals surface area contributed by atoms with Crippen LogP contribution in [0.5, 0.6) is 5.75 Å². The van der Waals surface area contributed by atoms with Crippen molar-refractivity contribution in [2.24, 2.45) is 13.0 Å². The molecule has 242 valence electrons. The Hall–Kier alpha value is -4.54. The molecule has 5 N–H and O–H groups in total. The van der Waals surface area contributed by atoms with Gasteiger partial charge >= 0.3 is 12.0 Å². The summed E-state index contributed by atoms with van der Waals surface area (Å²) in [4.78, 5) is 54.8. The first-order valence-electron chi connectivity index (χ1n) is 15.7. The number of phenolic OH excluding ortho intramolecular Hbond substituents is 1. The van der Waals surface area contributed by atoms with E-state index in [1.54, 1.807) is 17.0 Å². The third-order valence-corrected chi connectivity index (χ3v) is 8.24. The molecule has 0 spiro atoms. The summed E-state index contributed by atoms with van der Waals surface area (Å²) in [5, 5.41) is 28.9. The quantitative estimate of drug-likeness (QED) is 0.208. The molecule has 1 fully saturated rings. The first kappa shape index (κ1) is 33.4. The first-order chi connectivity index (χ1) is 21.5. The van der Waals surface area contributed by atoms with Gasteiger partial charge in [0.15, 0.2) is 0 Å². The van der Waals surface area contributed by atoms with Gasteiger partial charge < -0.3 is 35.6 Å². The number of phenols is 1. The molecule has 1 saturated heterocycles. The Morgan fingerprint density at radius 2 is 1.42 bits per heavy atom. The maximum Gasteiger partial charge on any atom is 0.326 e. The number of aromatic nitrogens is 1. The highest BCUT2D eigenvalue weighted by Crippen LogP contribution is 2.22. The van der Waals surface area contributed by atoms with E-state index in [4.69, 9.17) is 0 Å². The summed E-state index contributed by atoms with van der Waals surface area (Å²) in [6.07, 6.45) is 6.31. The smallest absolute Gasteiger partial charge is 0.326 e. The Bertz CT molecular complexity index is 1480. The van der Waals surface area contributed by atoms with Crippen LogP contribution >= 0.6 is 0 Å². The second-order valence-electron chi connectivity index (χ2n) is 12.4. The fourth-order valence-electron chi connectivity index (χ4n) is 5.85. The second kappa shape index (κ2) is 15.5. The maximum atomic E-state index is 13.8. The molecule has 0 aliphatic carbocycles. The summed E-state index contributed by atoms with van der Waals surface area (Å²) in [5.41, 5.74) is 2.38. The Labute approximate surface area is 264 Å². The average molecular weight is 620 g/mol. The van der Waals surface area contributed by atoms with Crippen molar-refractivity contribution in [2.75, 3.05) is 13.1 Å². The van der Waals surface area contributed by atoms with E-state index >= 15 is 0 Å². The van der Waals surface area contributed by atoms with Gasteiger partial charge in [-0.05, 0) is 54.5 Å². The number of carboxylic acid groups (broad SMARTS) is 1. The van der Waals surface area contributed by atoms with Crippen molar-refractivity contribution < 1.29 is 29.4 Å². The van der Waals surface area contributed by atoms with Crippen molar-refractivity contribution in [1.82, 2.24) is 25.4 Å². The zero-order valence-corrected chi connectivity index (χ0v) is 26.3. The number of nitrogens with one attached hydrogen (secondary N) is 3. The number of likely N-dealkylation sites (tertiary alicyclic amines) is 1. The van der Waals surface area contributed by atoms with Crippen LogP contribution in [0.2, 0.25) is 0 Å². The minimum absolute atomic E-state index is 0.0157. The zero-order valence-electron chi connectivity index (χ0n) is 26.3. The van der Waals surface area contributed by atoms with Crippen LogP contribution in [-0.4, -0.2) is 74.7 Å². The number of hydrogen-bond donors (Lipinski definition) is 5. The van der Waals surface area contributed by atoms with E-state index in [-0.39, 0.29) is 30.5 Å². The van der Waals surface area contributed by atoms with Gasteiger partial charge in [0.1, 0.15) is 23.9 Å². The fraction of sp³-hybridized carbons (Fsp3) is 0.471. The van der Waals surface area contributed by atoms with E-state index in [0.29, 0.717) is 25.1 Å². The van der Waals surface area contributed by atoms with Gasteiger partial charge in [0, 0.05) is 50.1 Å². The van der Waals surface area contributed by atoms with E-state index in [9.17, 15) is 29.4 Å². The highest BCUT2D eigenvalue weighted by Gasteiger charge is 2.32. The van der Waals surface area contributed by atoms with Crippen LogP contribution in [0, 0.1) is 5.92 Å². The number of para-hydroxylation sites is 1. The number of aryl methyl sites for hydroxylation is 1. The molecule has 3 aromatic rings. The van der Waals surface area contributed by atoms with Gasteiger partial charge in [-0.2, -0.15) is 0 Å². The van der Waals surface area contributed by atoms with Crippen molar-refractivity contribution in [3.63, 3.8) is 0 Å². The Balaban J connectivity index is 1.58. The van der Waals surface area contributed by atoms with Gasteiger partial charge in [-0.15, -0.1) is 0 Å². The van der Waals surface area contributed by atoms with Crippen LogP contribution in [0.1, 0.15) is 57.1 Å². The Morgan fingerprint density at radius 1 is 0.800 bits per heavy atom. The molecule has 45 heavy (non-hydrogen) atoms. The highest BCUT2D eigenvalue weighted by atomic mass is 16.4. The maximum absolute atomic E-state index is 13.8. The van der Waals surface area contributed by atoms with Crippen molar-refractivity contribution in [1.29, 1.82) is 0 Å². The van der Waals surface area contributed by atoms with Crippen LogP contribution in [0.3, 0.4) is 0 Å². The number of rotatable bonds is 12. The monoisotopic (exact) mass is 619 g/mol. The number of benzene rings is 2. The van der Waals surface area contributed by atoms with Crippen LogP contribution in [0.15, 0.2) is 54.7 Å². The predicted octanol–water partition coefficient (Wildman–Crippen LogP) is 3.72. The van der Waals surface area contributed by atoms with Crippen LogP contribution in [-0.2, 0) is 34.3 Å². The van der Waals surface area contributed by atoms with E-state index in [1.165, 1.54) is 12.1 Å². The lowest BCUT2D eigenvalue weighted by molar-refractivity contribution is -0.142. The lowest BCUT2D eigenvalue weighted by atomic mass is 10.00. The van der Waals surface area contributed by atoms with Gasteiger partial charge in [0.05, 0.1) is 0 Å². The molecule has 3 atom stereocenters.